The SMILES string of the molecule is CC(C)c1cnn(CCCCCCCCCC(=O)NO)c1. The molecule has 0 saturated heterocycles. The summed E-state index contributed by atoms with van der Waals surface area (Å²) in [5, 5.41) is 12.7. The van der Waals surface area contributed by atoms with Crippen molar-refractivity contribution >= 4 is 5.91 Å². The van der Waals surface area contributed by atoms with Gasteiger partial charge in [0.25, 0.3) is 0 Å². The molecule has 0 saturated carbocycles. The molecule has 2 N–H and O–H groups in total. The molecule has 5 heteroatoms. The summed E-state index contributed by atoms with van der Waals surface area (Å²) in [5.74, 6) is 0.265. The van der Waals surface area contributed by atoms with Gasteiger partial charge in [0.05, 0.1) is 6.20 Å². The van der Waals surface area contributed by atoms with Gasteiger partial charge < -0.3 is 0 Å². The molecule has 21 heavy (non-hydrogen) atoms. The average Bonchev–Trinajstić information content (AvgIpc) is 2.94. The Hall–Kier alpha value is -1.36. The highest BCUT2D eigenvalue weighted by atomic mass is 16.5. The number of nitrogens with one attached hydrogen (secondary N) is 1. The van der Waals surface area contributed by atoms with E-state index in [1.54, 1.807) is 5.48 Å². The first-order valence-corrected chi connectivity index (χ1v) is 8.08. The second kappa shape index (κ2) is 10.4. The van der Waals surface area contributed by atoms with Crippen LogP contribution in [-0.4, -0.2) is 20.9 Å². The summed E-state index contributed by atoms with van der Waals surface area (Å²) in [6.07, 6.45) is 12.5. The Kier molecular flexibility index (Phi) is 8.74. The zero-order valence-electron chi connectivity index (χ0n) is 13.3. The Labute approximate surface area is 127 Å². The van der Waals surface area contributed by atoms with Crippen molar-refractivity contribution in [3.05, 3.63) is 18.0 Å². The Morgan fingerprint density at radius 1 is 1.19 bits per heavy atom. The number of hydrogen-bond donors (Lipinski definition) is 2. The number of aromatic nitrogens is 2. The molecule has 1 amide bonds. The zero-order valence-corrected chi connectivity index (χ0v) is 13.3. The van der Waals surface area contributed by atoms with E-state index in [0.29, 0.717) is 12.3 Å². The van der Waals surface area contributed by atoms with Crippen molar-refractivity contribution in [3.63, 3.8) is 0 Å². The number of hydroxylamine groups is 1. The molecule has 1 rings (SSSR count). The number of nitrogens with zero attached hydrogens (tertiary/aromatic N) is 2. The third-order valence-electron chi connectivity index (χ3n) is 3.74. The summed E-state index contributed by atoms with van der Waals surface area (Å²) in [6, 6.07) is 0. The largest absolute Gasteiger partial charge is 0.289 e. The van der Waals surface area contributed by atoms with Crippen molar-refractivity contribution in [1.82, 2.24) is 15.3 Å². The summed E-state index contributed by atoms with van der Waals surface area (Å²) in [7, 11) is 0. The molecular weight excluding hydrogens is 266 g/mol. The Morgan fingerprint density at radius 2 is 1.81 bits per heavy atom. The predicted octanol–water partition coefficient (Wildman–Crippen LogP) is 3.63. The van der Waals surface area contributed by atoms with Gasteiger partial charge in [-0.15, -0.1) is 0 Å². The summed E-state index contributed by atoms with van der Waals surface area (Å²) >= 11 is 0. The van der Waals surface area contributed by atoms with Gasteiger partial charge in [-0.2, -0.15) is 5.10 Å². The van der Waals surface area contributed by atoms with Crippen LogP contribution in [0.5, 0.6) is 0 Å². The maximum absolute atomic E-state index is 10.8. The van der Waals surface area contributed by atoms with E-state index >= 15 is 0 Å². The highest BCUT2D eigenvalue weighted by molar-refractivity contribution is 5.74. The van der Waals surface area contributed by atoms with Crippen LogP contribution in [0.25, 0.3) is 0 Å². The predicted molar refractivity (Wildman–Crippen MR) is 83.2 cm³/mol. The molecule has 0 fully saturated rings. The van der Waals surface area contributed by atoms with Crippen LogP contribution in [-0.2, 0) is 11.3 Å². The minimum Gasteiger partial charge on any atom is -0.289 e. The molecule has 0 bridgehead atoms. The molecule has 120 valence electrons. The fraction of sp³-hybridized carbons (Fsp3) is 0.750. The van der Waals surface area contributed by atoms with Gasteiger partial charge in [0.15, 0.2) is 0 Å². The molecule has 0 aliphatic heterocycles. The molecule has 1 aromatic heterocycles. The van der Waals surface area contributed by atoms with E-state index in [1.807, 2.05) is 10.9 Å². The van der Waals surface area contributed by atoms with Crippen LogP contribution in [0.15, 0.2) is 12.4 Å². The molecule has 0 radical (unpaired) electrons. The van der Waals surface area contributed by atoms with Gasteiger partial charge in [0.2, 0.25) is 5.91 Å². The number of carbonyl (C=O) groups is 1. The van der Waals surface area contributed by atoms with E-state index in [1.165, 1.54) is 31.2 Å². The highest BCUT2D eigenvalue weighted by Crippen LogP contribution is 2.13. The molecule has 1 aromatic rings. The molecule has 5 nitrogen and oxygen atoms in total. The fourth-order valence-corrected chi connectivity index (χ4v) is 2.30. The van der Waals surface area contributed by atoms with E-state index < -0.39 is 0 Å². The molecule has 0 spiro atoms. The third kappa shape index (κ3) is 7.85. The van der Waals surface area contributed by atoms with Crippen LogP contribution >= 0.6 is 0 Å². The van der Waals surface area contributed by atoms with Crippen LogP contribution in [0.4, 0.5) is 0 Å². The van der Waals surface area contributed by atoms with Gasteiger partial charge in [-0.25, -0.2) is 5.48 Å². The number of amides is 1. The van der Waals surface area contributed by atoms with Crippen molar-refractivity contribution in [2.45, 2.75) is 77.7 Å². The van der Waals surface area contributed by atoms with Crippen LogP contribution in [0.2, 0.25) is 0 Å². The van der Waals surface area contributed by atoms with Crippen LogP contribution in [0.1, 0.15) is 76.7 Å². The molecule has 0 atom stereocenters. The quantitative estimate of drug-likeness (QED) is 0.372. The molecule has 1 heterocycles. The van der Waals surface area contributed by atoms with Crippen LogP contribution < -0.4 is 5.48 Å². The maximum Gasteiger partial charge on any atom is 0.243 e. The number of hydrogen-bond acceptors (Lipinski definition) is 3. The maximum atomic E-state index is 10.8. The van der Waals surface area contributed by atoms with E-state index in [-0.39, 0.29) is 5.91 Å². The number of unbranched alkanes of at least 4 members (excludes halogenated alkanes) is 6. The minimum absolute atomic E-state index is 0.282. The smallest absolute Gasteiger partial charge is 0.243 e. The Bertz CT molecular complexity index is 402. The highest BCUT2D eigenvalue weighted by Gasteiger charge is 2.02. The third-order valence-corrected chi connectivity index (χ3v) is 3.74. The van der Waals surface area contributed by atoms with Crippen molar-refractivity contribution in [3.8, 4) is 0 Å². The topological polar surface area (TPSA) is 67.2 Å². The van der Waals surface area contributed by atoms with Gasteiger partial charge in [-0.3, -0.25) is 14.7 Å². The average molecular weight is 295 g/mol. The van der Waals surface area contributed by atoms with E-state index in [9.17, 15) is 4.79 Å². The summed E-state index contributed by atoms with van der Waals surface area (Å²) in [5.41, 5.74) is 2.97. The van der Waals surface area contributed by atoms with Gasteiger partial charge in [-0.1, -0.05) is 46.0 Å². The first-order valence-electron chi connectivity index (χ1n) is 8.08. The number of rotatable bonds is 11. The lowest BCUT2D eigenvalue weighted by Crippen LogP contribution is -2.17. The van der Waals surface area contributed by atoms with Crippen molar-refractivity contribution in [1.29, 1.82) is 0 Å². The normalized spacial score (nSPS) is 11.0. The lowest BCUT2D eigenvalue weighted by molar-refractivity contribution is -0.129. The second-order valence-corrected chi connectivity index (χ2v) is 5.95. The van der Waals surface area contributed by atoms with E-state index in [2.05, 4.69) is 25.1 Å². The Morgan fingerprint density at radius 3 is 2.38 bits per heavy atom. The molecule has 0 aliphatic carbocycles. The first kappa shape index (κ1) is 17.7. The van der Waals surface area contributed by atoms with Crippen LogP contribution in [0, 0.1) is 0 Å². The standard InChI is InChI=1S/C16H29N3O2/c1-14(2)15-12-17-19(13-15)11-9-7-5-3-4-6-8-10-16(20)18-21/h12-14,21H,3-11H2,1-2H3,(H,18,20). The lowest BCUT2D eigenvalue weighted by Gasteiger charge is -2.03. The molecular formula is C16H29N3O2. The zero-order chi connectivity index (χ0) is 15.5. The van der Waals surface area contributed by atoms with Crippen LogP contribution in [0.3, 0.4) is 0 Å². The minimum atomic E-state index is -0.282. The van der Waals surface area contributed by atoms with E-state index in [4.69, 9.17) is 5.21 Å². The van der Waals surface area contributed by atoms with Gasteiger partial charge >= 0.3 is 0 Å². The first-order chi connectivity index (χ1) is 10.1. The molecule has 0 aromatic carbocycles. The second-order valence-electron chi connectivity index (χ2n) is 5.95. The van der Waals surface area contributed by atoms with Crippen molar-refractivity contribution in [2.75, 3.05) is 0 Å². The number of carbonyl (C=O) groups excluding carboxylic acids is 1. The van der Waals surface area contributed by atoms with E-state index in [0.717, 1.165) is 25.8 Å². The summed E-state index contributed by atoms with van der Waals surface area (Å²) < 4.78 is 2.04. The molecule has 0 aliphatic rings. The lowest BCUT2D eigenvalue weighted by atomic mass is 10.1. The number of aryl methyl sites for hydroxylation is 1. The van der Waals surface area contributed by atoms with Crippen molar-refractivity contribution in [2.24, 2.45) is 0 Å². The monoisotopic (exact) mass is 295 g/mol. The fourth-order valence-electron chi connectivity index (χ4n) is 2.30. The van der Waals surface area contributed by atoms with Gasteiger partial charge in [-0.05, 0) is 24.3 Å². The summed E-state index contributed by atoms with van der Waals surface area (Å²) in [4.78, 5) is 10.8. The van der Waals surface area contributed by atoms with Gasteiger partial charge in [0, 0.05) is 19.2 Å². The van der Waals surface area contributed by atoms with Crippen molar-refractivity contribution < 1.29 is 10.0 Å². The summed E-state index contributed by atoms with van der Waals surface area (Å²) in [6.45, 7) is 5.38. The van der Waals surface area contributed by atoms with Gasteiger partial charge in [0.1, 0.15) is 0 Å². The molecule has 0 unspecified atom stereocenters. The Balaban J connectivity index is 1.93.